The molecular formula is C14H11ClO2. The third-order valence-electron chi connectivity index (χ3n) is 3.15. The number of halogens is 1. The Morgan fingerprint density at radius 1 is 1.29 bits per heavy atom. The van der Waals surface area contributed by atoms with E-state index in [1.807, 2.05) is 12.1 Å². The molecule has 0 N–H and O–H groups in total. The van der Waals surface area contributed by atoms with E-state index in [-0.39, 0.29) is 0 Å². The van der Waals surface area contributed by atoms with E-state index >= 15 is 0 Å². The monoisotopic (exact) mass is 246 g/mol. The lowest BCUT2D eigenvalue weighted by atomic mass is 9.91. The molecule has 0 amide bonds. The molecule has 2 nitrogen and oxygen atoms in total. The molecule has 0 radical (unpaired) electrons. The van der Waals surface area contributed by atoms with E-state index in [1.165, 1.54) is 0 Å². The third-order valence-corrected chi connectivity index (χ3v) is 3.45. The minimum atomic E-state index is 0.584. The molecule has 1 aromatic rings. The summed E-state index contributed by atoms with van der Waals surface area (Å²) in [6.45, 7) is 0. The van der Waals surface area contributed by atoms with E-state index in [9.17, 15) is 4.79 Å². The Labute approximate surface area is 105 Å². The molecule has 0 fully saturated rings. The topological polar surface area (TPSA) is 26.3 Å². The predicted octanol–water partition coefficient (Wildman–Crippen LogP) is 3.75. The highest BCUT2D eigenvalue weighted by Crippen LogP contribution is 2.41. The van der Waals surface area contributed by atoms with Crippen molar-refractivity contribution in [1.29, 1.82) is 0 Å². The molecule has 0 saturated heterocycles. The van der Waals surface area contributed by atoms with E-state index in [2.05, 4.69) is 6.08 Å². The molecule has 3 heteroatoms. The number of rotatable bonds is 1. The number of hydrogen-bond acceptors (Lipinski definition) is 2. The Morgan fingerprint density at radius 3 is 3.00 bits per heavy atom. The Kier molecular flexibility index (Phi) is 2.52. The van der Waals surface area contributed by atoms with Gasteiger partial charge in [0.2, 0.25) is 0 Å². The number of carbonyl (C=O) groups excluding carboxylic acids is 1. The van der Waals surface area contributed by atoms with Crippen LogP contribution in [0.3, 0.4) is 0 Å². The number of fused-ring (bicyclic) bond motifs is 2. The lowest BCUT2D eigenvalue weighted by Crippen LogP contribution is -2.13. The molecule has 0 saturated carbocycles. The number of aldehydes is 1. The van der Waals surface area contributed by atoms with Crippen molar-refractivity contribution in [3.8, 4) is 5.75 Å². The summed E-state index contributed by atoms with van der Waals surface area (Å²) in [6, 6.07) is 5.67. The van der Waals surface area contributed by atoms with Crippen LogP contribution in [0, 0.1) is 0 Å². The fraction of sp³-hybridized carbons (Fsp3) is 0.214. The summed E-state index contributed by atoms with van der Waals surface area (Å²) in [5.74, 6) is 1.38. The SMILES string of the molecule is O=CC1=C2Oc3c(Cl)cccc3C=C2CCC1. The van der Waals surface area contributed by atoms with Gasteiger partial charge in [0.25, 0.3) is 0 Å². The molecule has 0 aromatic heterocycles. The van der Waals surface area contributed by atoms with Gasteiger partial charge in [0, 0.05) is 11.1 Å². The third kappa shape index (κ3) is 1.69. The average Bonchev–Trinajstić information content (AvgIpc) is 2.36. The number of para-hydroxylation sites is 1. The van der Waals surface area contributed by atoms with Crippen molar-refractivity contribution >= 4 is 24.0 Å². The quantitative estimate of drug-likeness (QED) is 0.706. The maximum Gasteiger partial charge on any atom is 0.153 e. The zero-order chi connectivity index (χ0) is 11.8. The van der Waals surface area contributed by atoms with Gasteiger partial charge in [-0.25, -0.2) is 0 Å². The van der Waals surface area contributed by atoms with Crippen LogP contribution < -0.4 is 4.74 Å². The highest BCUT2D eigenvalue weighted by molar-refractivity contribution is 6.32. The maximum atomic E-state index is 11.0. The van der Waals surface area contributed by atoms with Gasteiger partial charge < -0.3 is 4.74 Å². The zero-order valence-corrected chi connectivity index (χ0v) is 9.96. The number of allylic oxidation sites excluding steroid dienone is 2. The minimum absolute atomic E-state index is 0.584. The molecule has 1 aliphatic heterocycles. The molecule has 0 unspecified atom stereocenters. The first-order chi connectivity index (χ1) is 8.29. The summed E-state index contributed by atoms with van der Waals surface area (Å²) in [4.78, 5) is 11.0. The smallest absolute Gasteiger partial charge is 0.153 e. The van der Waals surface area contributed by atoms with Gasteiger partial charge in [-0.3, -0.25) is 4.79 Å². The van der Waals surface area contributed by atoms with Gasteiger partial charge in [-0.1, -0.05) is 23.7 Å². The van der Waals surface area contributed by atoms with Crippen LogP contribution in [0.5, 0.6) is 5.75 Å². The molecule has 0 atom stereocenters. The molecule has 86 valence electrons. The average molecular weight is 247 g/mol. The molecule has 1 aromatic carbocycles. The van der Waals surface area contributed by atoms with Crippen LogP contribution in [0.2, 0.25) is 5.02 Å². The van der Waals surface area contributed by atoms with E-state index in [1.54, 1.807) is 6.07 Å². The highest BCUT2D eigenvalue weighted by Gasteiger charge is 2.25. The van der Waals surface area contributed by atoms with Crippen molar-refractivity contribution in [3.63, 3.8) is 0 Å². The second-order valence-electron chi connectivity index (χ2n) is 4.26. The van der Waals surface area contributed by atoms with Crippen LogP contribution in [0.25, 0.3) is 6.08 Å². The van der Waals surface area contributed by atoms with Crippen molar-refractivity contribution in [3.05, 3.63) is 45.7 Å². The summed E-state index contributed by atoms with van der Waals surface area (Å²) in [5.41, 5.74) is 2.84. The van der Waals surface area contributed by atoms with E-state index in [4.69, 9.17) is 16.3 Å². The Balaban J connectivity index is 2.19. The lowest BCUT2D eigenvalue weighted by molar-refractivity contribution is -0.105. The summed E-state index contributed by atoms with van der Waals surface area (Å²) < 4.78 is 5.82. The van der Waals surface area contributed by atoms with Gasteiger partial charge in [0.05, 0.1) is 5.02 Å². The summed E-state index contributed by atoms with van der Waals surface area (Å²) in [6.07, 6.45) is 5.71. The second-order valence-corrected chi connectivity index (χ2v) is 4.66. The molecule has 3 rings (SSSR count). The normalized spacial score (nSPS) is 17.8. The van der Waals surface area contributed by atoms with Crippen LogP contribution in [-0.4, -0.2) is 6.29 Å². The van der Waals surface area contributed by atoms with Gasteiger partial charge in [-0.2, -0.15) is 0 Å². The maximum absolute atomic E-state index is 11.0. The Hall–Kier alpha value is -1.54. The summed E-state index contributed by atoms with van der Waals surface area (Å²) in [5, 5.41) is 0.584. The fourth-order valence-electron chi connectivity index (χ4n) is 2.32. The molecule has 1 aliphatic carbocycles. The Bertz CT molecular complexity index is 555. The molecule has 17 heavy (non-hydrogen) atoms. The minimum Gasteiger partial charge on any atom is -0.454 e. The van der Waals surface area contributed by atoms with Gasteiger partial charge in [-0.15, -0.1) is 0 Å². The lowest BCUT2D eigenvalue weighted by Gasteiger charge is -2.26. The molecule has 1 heterocycles. The molecular weight excluding hydrogens is 236 g/mol. The van der Waals surface area contributed by atoms with Crippen LogP contribution in [0.15, 0.2) is 35.1 Å². The number of ether oxygens (including phenoxy) is 1. The van der Waals surface area contributed by atoms with Gasteiger partial charge in [-0.05, 0) is 37.0 Å². The highest BCUT2D eigenvalue weighted by atomic mass is 35.5. The van der Waals surface area contributed by atoms with Crippen LogP contribution in [-0.2, 0) is 4.79 Å². The first-order valence-corrected chi connectivity index (χ1v) is 6.03. The molecule has 0 bridgehead atoms. The van der Waals surface area contributed by atoms with Crippen molar-refractivity contribution in [2.24, 2.45) is 0 Å². The standard InChI is InChI=1S/C14H11ClO2/c15-12-6-2-4-10-7-9-3-1-5-11(8-16)13(9)17-14(10)12/h2,4,6-8H,1,3,5H2. The van der Waals surface area contributed by atoms with E-state index in [0.29, 0.717) is 16.5 Å². The predicted molar refractivity (Wildman–Crippen MR) is 67.0 cm³/mol. The van der Waals surface area contributed by atoms with Crippen LogP contribution in [0.4, 0.5) is 0 Å². The zero-order valence-electron chi connectivity index (χ0n) is 9.20. The molecule has 2 aliphatic rings. The van der Waals surface area contributed by atoms with E-state index in [0.717, 1.165) is 42.3 Å². The van der Waals surface area contributed by atoms with Gasteiger partial charge in [0.1, 0.15) is 12.0 Å². The fourth-order valence-corrected chi connectivity index (χ4v) is 2.54. The van der Waals surface area contributed by atoms with Crippen molar-refractivity contribution in [2.75, 3.05) is 0 Å². The van der Waals surface area contributed by atoms with Crippen LogP contribution in [0.1, 0.15) is 24.8 Å². The van der Waals surface area contributed by atoms with Crippen molar-refractivity contribution in [1.82, 2.24) is 0 Å². The summed E-state index contributed by atoms with van der Waals surface area (Å²) in [7, 11) is 0. The second kappa shape index (κ2) is 4.04. The number of carbonyl (C=O) groups is 1. The van der Waals surface area contributed by atoms with Crippen molar-refractivity contribution in [2.45, 2.75) is 19.3 Å². The first kappa shape index (κ1) is 10.6. The first-order valence-electron chi connectivity index (χ1n) is 5.65. The van der Waals surface area contributed by atoms with Gasteiger partial charge in [0.15, 0.2) is 5.75 Å². The largest absolute Gasteiger partial charge is 0.454 e. The summed E-state index contributed by atoms with van der Waals surface area (Å²) >= 11 is 6.10. The molecule has 0 spiro atoms. The van der Waals surface area contributed by atoms with E-state index < -0.39 is 0 Å². The number of hydrogen-bond donors (Lipinski definition) is 0. The number of benzene rings is 1. The van der Waals surface area contributed by atoms with Crippen molar-refractivity contribution < 1.29 is 9.53 Å². The van der Waals surface area contributed by atoms with Crippen LogP contribution >= 0.6 is 11.6 Å². The Morgan fingerprint density at radius 2 is 2.18 bits per heavy atom. The van der Waals surface area contributed by atoms with Gasteiger partial charge >= 0.3 is 0 Å².